The third kappa shape index (κ3) is 4.65. The number of halogens is 3. The minimum Gasteiger partial charge on any atom is -0.378 e. The summed E-state index contributed by atoms with van der Waals surface area (Å²) >= 11 is 0. The van der Waals surface area contributed by atoms with E-state index >= 15 is 0 Å². The molecular weight excluding hydrogens is 391 g/mol. The van der Waals surface area contributed by atoms with Crippen LogP contribution in [0.2, 0.25) is 0 Å². The lowest BCUT2D eigenvalue weighted by atomic mass is 10.1. The lowest BCUT2D eigenvalue weighted by molar-refractivity contribution is -0.384. The molecule has 1 aliphatic rings. The predicted octanol–water partition coefficient (Wildman–Crippen LogP) is 4.01. The normalized spacial score (nSPS) is 14.6. The molecule has 2 aromatic carbocycles. The van der Waals surface area contributed by atoms with Crippen LogP contribution >= 0.6 is 0 Å². The Hall–Kier alpha value is -3.14. The number of morpholine rings is 1. The van der Waals surface area contributed by atoms with Crippen LogP contribution in [0, 0.1) is 17.0 Å². The van der Waals surface area contributed by atoms with Crippen LogP contribution in [-0.2, 0) is 10.9 Å². The van der Waals surface area contributed by atoms with E-state index in [0.717, 1.165) is 12.1 Å². The van der Waals surface area contributed by atoms with Gasteiger partial charge in [-0.05, 0) is 36.8 Å². The van der Waals surface area contributed by atoms with Gasteiger partial charge >= 0.3 is 6.18 Å². The second-order valence-electron chi connectivity index (χ2n) is 6.54. The number of nitrogens with one attached hydrogen (secondary N) is 1. The Balaban J connectivity index is 1.86. The van der Waals surface area contributed by atoms with Crippen LogP contribution in [0.15, 0.2) is 36.4 Å². The smallest absolute Gasteiger partial charge is 0.378 e. The molecule has 154 valence electrons. The zero-order valence-corrected chi connectivity index (χ0v) is 15.5. The van der Waals surface area contributed by atoms with Gasteiger partial charge in [0.1, 0.15) is 5.69 Å². The number of nitro benzene ring substituents is 1. The van der Waals surface area contributed by atoms with Gasteiger partial charge in [0.05, 0.1) is 23.7 Å². The maximum absolute atomic E-state index is 13.1. The molecule has 10 heteroatoms. The minimum absolute atomic E-state index is 0.0251. The number of benzene rings is 2. The third-order valence-electron chi connectivity index (χ3n) is 4.59. The topological polar surface area (TPSA) is 84.7 Å². The number of carbonyl (C=O) groups excluding carboxylic acids is 1. The maximum Gasteiger partial charge on any atom is 0.416 e. The summed E-state index contributed by atoms with van der Waals surface area (Å²) in [5, 5.41) is 13.8. The first-order chi connectivity index (χ1) is 13.7. The highest BCUT2D eigenvalue weighted by Crippen LogP contribution is 2.34. The van der Waals surface area contributed by atoms with Gasteiger partial charge < -0.3 is 15.0 Å². The van der Waals surface area contributed by atoms with Gasteiger partial charge in [-0.25, -0.2) is 0 Å². The number of ether oxygens (including phenoxy) is 1. The van der Waals surface area contributed by atoms with Crippen molar-refractivity contribution < 1.29 is 27.6 Å². The van der Waals surface area contributed by atoms with Gasteiger partial charge in [-0.15, -0.1) is 0 Å². The van der Waals surface area contributed by atoms with Gasteiger partial charge in [-0.1, -0.05) is 6.07 Å². The monoisotopic (exact) mass is 409 g/mol. The predicted molar refractivity (Wildman–Crippen MR) is 100 cm³/mol. The summed E-state index contributed by atoms with van der Waals surface area (Å²) < 4.78 is 44.4. The van der Waals surface area contributed by atoms with Crippen LogP contribution in [0.1, 0.15) is 21.5 Å². The number of aryl methyl sites for hydroxylation is 1. The highest BCUT2D eigenvalue weighted by molar-refractivity contribution is 6.05. The van der Waals surface area contributed by atoms with Gasteiger partial charge in [-0.3, -0.25) is 14.9 Å². The molecule has 1 N–H and O–H groups in total. The van der Waals surface area contributed by atoms with Crippen molar-refractivity contribution in [3.05, 3.63) is 63.2 Å². The van der Waals surface area contributed by atoms with Crippen molar-refractivity contribution >= 4 is 23.0 Å². The summed E-state index contributed by atoms with van der Waals surface area (Å²) in [5.74, 6) is -0.737. The fourth-order valence-electron chi connectivity index (χ4n) is 3.09. The first kappa shape index (κ1) is 20.6. The molecule has 1 amide bonds. The largest absolute Gasteiger partial charge is 0.416 e. The number of hydrogen-bond donors (Lipinski definition) is 1. The first-order valence-corrected chi connectivity index (χ1v) is 8.77. The average molecular weight is 409 g/mol. The van der Waals surface area contributed by atoms with Crippen molar-refractivity contribution in [2.45, 2.75) is 13.1 Å². The lowest BCUT2D eigenvalue weighted by Crippen LogP contribution is -2.36. The van der Waals surface area contributed by atoms with Crippen molar-refractivity contribution in [2.75, 3.05) is 36.5 Å². The fourth-order valence-corrected chi connectivity index (χ4v) is 3.09. The molecule has 0 unspecified atom stereocenters. The van der Waals surface area contributed by atoms with E-state index in [1.165, 1.54) is 31.2 Å². The van der Waals surface area contributed by atoms with E-state index in [0.29, 0.717) is 32.0 Å². The molecule has 0 aromatic heterocycles. The van der Waals surface area contributed by atoms with Gasteiger partial charge in [0.2, 0.25) is 0 Å². The number of nitro groups is 1. The van der Waals surface area contributed by atoms with Gasteiger partial charge in [0.25, 0.3) is 11.6 Å². The number of rotatable bonds is 4. The van der Waals surface area contributed by atoms with Crippen molar-refractivity contribution in [2.24, 2.45) is 0 Å². The molecule has 2 aromatic rings. The van der Waals surface area contributed by atoms with Crippen LogP contribution in [0.4, 0.5) is 30.2 Å². The Bertz CT molecular complexity index is 941. The molecule has 0 atom stereocenters. The zero-order valence-electron chi connectivity index (χ0n) is 15.5. The number of nitrogens with zero attached hydrogens (tertiary/aromatic N) is 2. The summed E-state index contributed by atoms with van der Waals surface area (Å²) in [6.45, 7) is 3.16. The van der Waals surface area contributed by atoms with E-state index in [2.05, 4.69) is 5.32 Å². The summed E-state index contributed by atoms with van der Waals surface area (Å²) in [7, 11) is 0. The third-order valence-corrected chi connectivity index (χ3v) is 4.59. The van der Waals surface area contributed by atoms with E-state index in [1.54, 1.807) is 4.90 Å². The summed E-state index contributed by atoms with van der Waals surface area (Å²) in [6, 6.07) is 7.44. The standard InChI is InChI=1S/C19H18F3N3O4/c1-12-2-4-14(11-15(12)19(20,21)22)23-18(26)13-3-5-16(17(10-13)25(27)28)24-6-8-29-9-7-24/h2-5,10-11H,6-9H2,1H3,(H,23,26). The van der Waals surface area contributed by atoms with Crippen LogP contribution in [0.25, 0.3) is 0 Å². The first-order valence-electron chi connectivity index (χ1n) is 8.77. The van der Waals surface area contributed by atoms with Crippen LogP contribution < -0.4 is 10.2 Å². The second-order valence-corrected chi connectivity index (χ2v) is 6.54. The Morgan fingerprint density at radius 1 is 1.17 bits per heavy atom. The van der Waals surface area contributed by atoms with Gasteiger partial charge in [-0.2, -0.15) is 13.2 Å². The Morgan fingerprint density at radius 3 is 2.48 bits per heavy atom. The molecule has 1 fully saturated rings. The number of hydrogen-bond acceptors (Lipinski definition) is 5. The maximum atomic E-state index is 13.1. The molecule has 0 radical (unpaired) electrons. The fraction of sp³-hybridized carbons (Fsp3) is 0.316. The van der Waals surface area contributed by atoms with E-state index in [1.807, 2.05) is 0 Å². The Labute approximate surface area is 164 Å². The number of amides is 1. The van der Waals surface area contributed by atoms with Crippen LogP contribution in [0.3, 0.4) is 0 Å². The number of anilines is 2. The average Bonchev–Trinajstić information content (AvgIpc) is 2.68. The van der Waals surface area contributed by atoms with Crippen molar-refractivity contribution in [3.8, 4) is 0 Å². The van der Waals surface area contributed by atoms with Crippen molar-refractivity contribution in [3.63, 3.8) is 0 Å². The second kappa shape index (κ2) is 8.08. The van der Waals surface area contributed by atoms with E-state index < -0.39 is 22.6 Å². The van der Waals surface area contributed by atoms with E-state index in [9.17, 15) is 28.1 Å². The van der Waals surface area contributed by atoms with Gasteiger partial charge in [0.15, 0.2) is 0 Å². The highest BCUT2D eigenvalue weighted by atomic mass is 19.4. The molecule has 0 aliphatic carbocycles. The quantitative estimate of drug-likeness (QED) is 0.609. The SMILES string of the molecule is Cc1ccc(NC(=O)c2ccc(N3CCOCC3)c([N+](=O)[O-])c2)cc1C(F)(F)F. The Morgan fingerprint density at radius 2 is 1.86 bits per heavy atom. The van der Waals surface area contributed by atoms with E-state index in [-0.39, 0.29) is 22.5 Å². The zero-order chi connectivity index (χ0) is 21.2. The molecule has 7 nitrogen and oxygen atoms in total. The molecule has 0 spiro atoms. The van der Waals surface area contributed by atoms with Crippen LogP contribution in [0.5, 0.6) is 0 Å². The van der Waals surface area contributed by atoms with Gasteiger partial charge in [0, 0.05) is 30.4 Å². The molecule has 0 bridgehead atoms. The Kier molecular flexibility index (Phi) is 5.73. The molecule has 3 rings (SSSR count). The van der Waals surface area contributed by atoms with Crippen molar-refractivity contribution in [1.82, 2.24) is 0 Å². The molecule has 0 saturated carbocycles. The van der Waals surface area contributed by atoms with E-state index in [4.69, 9.17) is 4.74 Å². The summed E-state index contributed by atoms with van der Waals surface area (Å²) in [5.41, 5.74) is -0.787. The molecule has 1 heterocycles. The highest BCUT2D eigenvalue weighted by Gasteiger charge is 2.32. The molecular formula is C19H18F3N3O4. The lowest BCUT2D eigenvalue weighted by Gasteiger charge is -2.28. The minimum atomic E-state index is -4.55. The van der Waals surface area contributed by atoms with Crippen molar-refractivity contribution in [1.29, 1.82) is 0 Å². The molecule has 1 aliphatic heterocycles. The summed E-state index contributed by atoms with van der Waals surface area (Å²) in [4.78, 5) is 25.2. The van der Waals surface area contributed by atoms with Crippen LogP contribution in [-0.4, -0.2) is 37.1 Å². The number of carbonyl (C=O) groups is 1. The number of alkyl halides is 3. The molecule has 29 heavy (non-hydrogen) atoms. The molecule has 1 saturated heterocycles. The summed E-state index contributed by atoms with van der Waals surface area (Å²) in [6.07, 6.45) is -4.55.